The van der Waals surface area contributed by atoms with Gasteiger partial charge in [-0.3, -0.25) is 0 Å². The molecule has 0 bridgehead atoms. The lowest BCUT2D eigenvalue weighted by atomic mass is 10.1. The van der Waals surface area contributed by atoms with Crippen molar-refractivity contribution in [3.8, 4) is 5.88 Å². The summed E-state index contributed by atoms with van der Waals surface area (Å²) in [5.41, 5.74) is 2.39. The van der Waals surface area contributed by atoms with Crippen molar-refractivity contribution in [3.63, 3.8) is 0 Å². The number of pyridine rings is 1. The first-order chi connectivity index (χ1) is 9.34. The Morgan fingerprint density at radius 1 is 0.895 bits per heavy atom. The Hall–Kier alpha value is -2.35. The molecule has 3 rings (SSSR count). The number of aryl methyl sites for hydroxylation is 1. The van der Waals surface area contributed by atoms with Gasteiger partial charge in [-0.05, 0) is 35.6 Å². The van der Waals surface area contributed by atoms with Crippen molar-refractivity contribution in [2.75, 3.05) is 0 Å². The Labute approximate surface area is 112 Å². The molecule has 0 amide bonds. The van der Waals surface area contributed by atoms with Crippen LogP contribution in [-0.4, -0.2) is 4.98 Å². The summed E-state index contributed by atoms with van der Waals surface area (Å²) in [5, 5.41) is 2.26. The summed E-state index contributed by atoms with van der Waals surface area (Å²) in [7, 11) is 0. The number of hydrogen-bond donors (Lipinski definition) is 0. The molecule has 0 aliphatic heterocycles. The summed E-state index contributed by atoms with van der Waals surface area (Å²) in [4.78, 5) is 4.34. The number of nitrogens with zero attached hydrogens (tertiary/aromatic N) is 1. The normalized spacial score (nSPS) is 10.6. The van der Waals surface area contributed by atoms with Gasteiger partial charge in [-0.1, -0.05) is 42.5 Å². The van der Waals surface area contributed by atoms with E-state index in [1.54, 1.807) is 6.20 Å². The van der Waals surface area contributed by atoms with Crippen LogP contribution in [0.2, 0.25) is 0 Å². The van der Waals surface area contributed by atoms with Gasteiger partial charge in [-0.2, -0.15) is 0 Å². The maximum absolute atomic E-state index is 5.85. The van der Waals surface area contributed by atoms with E-state index in [-0.39, 0.29) is 0 Å². The lowest BCUT2D eigenvalue weighted by molar-refractivity contribution is 0.298. The van der Waals surface area contributed by atoms with E-state index in [9.17, 15) is 0 Å². The number of aromatic nitrogens is 1. The Balaban J connectivity index is 1.91. The zero-order chi connectivity index (χ0) is 13.1. The fourth-order valence-corrected chi connectivity index (χ4v) is 2.18. The van der Waals surface area contributed by atoms with E-state index in [2.05, 4.69) is 36.2 Å². The van der Waals surface area contributed by atoms with Gasteiger partial charge in [-0.25, -0.2) is 4.98 Å². The lowest BCUT2D eigenvalue weighted by Gasteiger charge is -2.09. The Kier molecular flexibility index (Phi) is 3.15. The Morgan fingerprint density at radius 3 is 2.58 bits per heavy atom. The second kappa shape index (κ2) is 5.11. The molecule has 0 atom stereocenters. The van der Waals surface area contributed by atoms with E-state index in [1.807, 2.05) is 30.3 Å². The van der Waals surface area contributed by atoms with E-state index >= 15 is 0 Å². The van der Waals surface area contributed by atoms with Crippen LogP contribution >= 0.6 is 0 Å². The van der Waals surface area contributed by atoms with Crippen LogP contribution < -0.4 is 4.74 Å². The predicted molar refractivity (Wildman–Crippen MR) is 77.3 cm³/mol. The predicted octanol–water partition coefficient (Wildman–Crippen LogP) is 4.12. The standard InChI is InChI=1S/C17H15NO/c1-13-6-5-9-16-15(13)10-11-18-17(16)19-12-14-7-3-2-4-8-14/h2-11H,12H2,1H3. The van der Waals surface area contributed by atoms with E-state index in [0.717, 1.165) is 10.9 Å². The summed E-state index contributed by atoms with van der Waals surface area (Å²) >= 11 is 0. The van der Waals surface area contributed by atoms with Crippen LogP contribution in [0.3, 0.4) is 0 Å². The minimum absolute atomic E-state index is 0.543. The smallest absolute Gasteiger partial charge is 0.221 e. The Bertz CT molecular complexity index is 692. The van der Waals surface area contributed by atoms with Crippen molar-refractivity contribution in [2.45, 2.75) is 13.5 Å². The molecule has 0 unspecified atom stereocenters. The minimum Gasteiger partial charge on any atom is -0.472 e. The third kappa shape index (κ3) is 2.43. The van der Waals surface area contributed by atoms with Gasteiger partial charge in [0.25, 0.3) is 0 Å². The fraction of sp³-hybridized carbons (Fsp3) is 0.118. The molecule has 0 spiro atoms. The van der Waals surface area contributed by atoms with E-state index in [4.69, 9.17) is 4.74 Å². The number of benzene rings is 2. The van der Waals surface area contributed by atoms with Crippen molar-refractivity contribution in [3.05, 3.63) is 71.9 Å². The molecule has 0 aliphatic carbocycles. The molecule has 3 aromatic rings. The lowest BCUT2D eigenvalue weighted by Crippen LogP contribution is -1.97. The van der Waals surface area contributed by atoms with Crippen LogP contribution in [0.5, 0.6) is 5.88 Å². The van der Waals surface area contributed by atoms with Crippen LogP contribution in [0.1, 0.15) is 11.1 Å². The zero-order valence-electron chi connectivity index (χ0n) is 10.8. The molecule has 2 aromatic carbocycles. The first-order valence-corrected chi connectivity index (χ1v) is 6.35. The molecule has 94 valence electrons. The summed E-state index contributed by atoms with van der Waals surface area (Å²) in [5.74, 6) is 0.699. The second-order valence-electron chi connectivity index (χ2n) is 4.56. The molecular weight excluding hydrogens is 234 g/mol. The highest BCUT2D eigenvalue weighted by molar-refractivity contribution is 5.89. The molecule has 1 aromatic heterocycles. The summed E-state index contributed by atoms with van der Waals surface area (Å²) in [6.45, 7) is 2.64. The van der Waals surface area contributed by atoms with Crippen LogP contribution in [0, 0.1) is 6.92 Å². The highest BCUT2D eigenvalue weighted by atomic mass is 16.5. The summed E-state index contributed by atoms with van der Waals surface area (Å²) in [6.07, 6.45) is 1.80. The number of ether oxygens (including phenoxy) is 1. The molecule has 0 N–H and O–H groups in total. The molecule has 0 saturated carbocycles. The molecule has 1 heterocycles. The van der Waals surface area contributed by atoms with Gasteiger partial charge < -0.3 is 4.74 Å². The van der Waals surface area contributed by atoms with E-state index in [1.165, 1.54) is 10.9 Å². The van der Waals surface area contributed by atoms with E-state index < -0.39 is 0 Å². The summed E-state index contributed by atoms with van der Waals surface area (Å²) in [6, 6.07) is 18.3. The SMILES string of the molecule is Cc1cccc2c(OCc3ccccc3)nccc12. The molecule has 2 nitrogen and oxygen atoms in total. The highest BCUT2D eigenvalue weighted by Crippen LogP contribution is 2.25. The van der Waals surface area contributed by atoms with Gasteiger partial charge in [0.15, 0.2) is 0 Å². The molecule has 0 fully saturated rings. The molecule has 0 radical (unpaired) electrons. The fourth-order valence-electron chi connectivity index (χ4n) is 2.18. The topological polar surface area (TPSA) is 22.1 Å². The van der Waals surface area contributed by atoms with Crippen molar-refractivity contribution in [1.82, 2.24) is 4.98 Å². The first-order valence-electron chi connectivity index (χ1n) is 6.35. The van der Waals surface area contributed by atoms with Crippen LogP contribution in [-0.2, 0) is 6.61 Å². The van der Waals surface area contributed by atoms with Gasteiger partial charge >= 0.3 is 0 Å². The van der Waals surface area contributed by atoms with Gasteiger partial charge in [0.05, 0.1) is 0 Å². The molecule has 19 heavy (non-hydrogen) atoms. The van der Waals surface area contributed by atoms with Gasteiger partial charge in [-0.15, -0.1) is 0 Å². The van der Waals surface area contributed by atoms with E-state index in [0.29, 0.717) is 12.5 Å². The molecular formula is C17H15NO. The van der Waals surface area contributed by atoms with Crippen molar-refractivity contribution in [1.29, 1.82) is 0 Å². The quantitative estimate of drug-likeness (QED) is 0.696. The average Bonchev–Trinajstić information content (AvgIpc) is 2.47. The zero-order valence-corrected chi connectivity index (χ0v) is 10.8. The number of rotatable bonds is 3. The summed E-state index contributed by atoms with van der Waals surface area (Å²) < 4.78 is 5.85. The van der Waals surface area contributed by atoms with Crippen molar-refractivity contribution in [2.24, 2.45) is 0 Å². The maximum Gasteiger partial charge on any atom is 0.221 e. The average molecular weight is 249 g/mol. The number of hydrogen-bond acceptors (Lipinski definition) is 2. The Morgan fingerprint density at radius 2 is 1.74 bits per heavy atom. The van der Waals surface area contributed by atoms with Crippen LogP contribution in [0.4, 0.5) is 0 Å². The second-order valence-corrected chi connectivity index (χ2v) is 4.56. The van der Waals surface area contributed by atoms with Crippen molar-refractivity contribution >= 4 is 10.8 Å². The number of fused-ring (bicyclic) bond motifs is 1. The maximum atomic E-state index is 5.85. The van der Waals surface area contributed by atoms with Crippen molar-refractivity contribution < 1.29 is 4.74 Å². The first kappa shape index (κ1) is 11.7. The third-order valence-electron chi connectivity index (χ3n) is 3.21. The van der Waals surface area contributed by atoms with Gasteiger partial charge in [0.2, 0.25) is 5.88 Å². The largest absolute Gasteiger partial charge is 0.472 e. The van der Waals surface area contributed by atoms with Crippen LogP contribution in [0.25, 0.3) is 10.8 Å². The monoisotopic (exact) mass is 249 g/mol. The molecule has 0 aliphatic rings. The van der Waals surface area contributed by atoms with Gasteiger partial charge in [0, 0.05) is 11.6 Å². The van der Waals surface area contributed by atoms with Gasteiger partial charge in [0.1, 0.15) is 6.61 Å². The minimum atomic E-state index is 0.543. The van der Waals surface area contributed by atoms with Crippen LogP contribution in [0.15, 0.2) is 60.8 Å². The third-order valence-corrected chi connectivity index (χ3v) is 3.21. The molecule has 0 saturated heterocycles. The highest BCUT2D eigenvalue weighted by Gasteiger charge is 2.05. The molecule has 2 heteroatoms.